The van der Waals surface area contributed by atoms with Crippen molar-refractivity contribution in [2.24, 2.45) is 0 Å². The van der Waals surface area contributed by atoms with Crippen LogP contribution in [0.15, 0.2) is 12.2 Å². The average Bonchev–Trinajstić information content (AvgIpc) is 3.33. The minimum atomic E-state index is -0.672. The number of ether oxygens (including phenoxy) is 1. The van der Waals surface area contributed by atoms with Crippen molar-refractivity contribution < 1.29 is 24.5 Å². The Morgan fingerprint density at radius 1 is 0.403 bits per heavy atom. The van der Waals surface area contributed by atoms with Crippen molar-refractivity contribution in [3.63, 3.8) is 0 Å². The minimum absolute atomic E-state index is 0.00717. The van der Waals surface area contributed by atoms with Gasteiger partial charge in [-0.2, -0.15) is 0 Å². The first-order valence-electron chi connectivity index (χ1n) is 30.4. The fraction of sp³-hybridized carbons (Fsp3) is 0.934. The maximum atomic E-state index is 12.5. The van der Waals surface area contributed by atoms with Crippen molar-refractivity contribution >= 4 is 11.9 Å². The summed E-state index contributed by atoms with van der Waals surface area (Å²) in [6, 6.07) is -0.551. The second kappa shape index (κ2) is 57.2. The van der Waals surface area contributed by atoms with Gasteiger partial charge in [0, 0.05) is 12.8 Å². The Balaban J connectivity index is 3.42. The number of nitrogens with one attached hydrogen (secondary N) is 1. The van der Waals surface area contributed by atoms with E-state index in [1.807, 2.05) is 0 Å². The molecule has 67 heavy (non-hydrogen) atoms. The Labute approximate surface area is 419 Å². The van der Waals surface area contributed by atoms with Gasteiger partial charge >= 0.3 is 5.97 Å². The molecule has 6 nitrogen and oxygen atoms in total. The third-order valence-electron chi connectivity index (χ3n) is 14.3. The Morgan fingerprint density at radius 3 is 1.06 bits per heavy atom. The highest BCUT2D eigenvalue weighted by Gasteiger charge is 2.20. The summed E-state index contributed by atoms with van der Waals surface area (Å²) in [5, 5.41) is 23.3. The zero-order chi connectivity index (χ0) is 48.6. The summed E-state index contributed by atoms with van der Waals surface area (Å²) in [5.74, 6) is -0.0395. The molecule has 0 aliphatic rings. The van der Waals surface area contributed by atoms with E-state index in [2.05, 4.69) is 31.3 Å². The van der Waals surface area contributed by atoms with E-state index in [-0.39, 0.29) is 18.5 Å². The molecule has 2 unspecified atom stereocenters. The molecule has 0 aromatic rings. The molecule has 0 spiro atoms. The van der Waals surface area contributed by atoms with E-state index in [9.17, 15) is 19.8 Å². The largest absolute Gasteiger partial charge is 0.466 e. The number of aliphatic hydroxyl groups is 2. The van der Waals surface area contributed by atoms with Crippen molar-refractivity contribution in [2.45, 2.75) is 353 Å². The highest BCUT2D eigenvalue weighted by Crippen LogP contribution is 2.18. The number of allylic oxidation sites excluding steroid dienone is 2. The van der Waals surface area contributed by atoms with Crippen molar-refractivity contribution in [1.29, 1.82) is 0 Å². The van der Waals surface area contributed by atoms with Crippen LogP contribution in [0.5, 0.6) is 0 Å². The van der Waals surface area contributed by atoms with Gasteiger partial charge in [0.1, 0.15) is 0 Å². The third-order valence-corrected chi connectivity index (χ3v) is 14.3. The lowest BCUT2D eigenvalue weighted by Crippen LogP contribution is -2.45. The summed E-state index contributed by atoms with van der Waals surface area (Å²) in [6.45, 7) is 4.97. The van der Waals surface area contributed by atoms with Crippen LogP contribution in [0.3, 0.4) is 0 Å². The Hall–Kier alpha value is -1.40. The molecule has 3 N–H and O–H groups in total. The summed E-state index contributed by atoms with van der Waals surface area (Å²) < 4.78 is 5.49. The number of unbranched alkanes of at least 4 members (excludes halogenated alkanes) is 44. The van der Waals surface area contributed by atoms with Crippen LogP contribution in [0.4, 0.5) is 0 Å². The number of aliphatic hydroxyl groups excluding tert-OH is 2. The Morgan fingerprint density at radius 2 is 0.701 bits per heavy atom. The molecule has 398 valence electrons. The maximum Gasteiger partial charge on any atom is 0.305 e. The topological polar surface area (TPSA) is 95.9 Å². The van der Waals surface area contributed by atoms with E-state index in [1.54, 1.807) is 0 Å². The summed E-state index contributed by atoms with van der Waals surface area (Å²) in [5.41, 5.74) is 0. The zero-order valence-corrected chi connectivity index (χ0v) is 45.4. The summed E-state index contributed by atoms with van der Waals surface area (Å²) in [7, 11) is 0. The molecule has 0 rings (SSSR count). The molecule has 1 amide bonds. The standard InChI is InChI=1S/C61H119NO5/c1-3-5-7-9-11-13-15-17-19-25-29-33-37-41-45-49-53-59(64)58(57-63)62-60(65)54-50-46-42-38-34-30-26-23-21-22-24-28-32-36-40-44-48-52-56-67-61(66)55-51-47-43-39-35-31-27-20-18-16-14-12-10-8-6-4-2/h23,26,58-59,63-64H,3-22,24-25,27-57H2,1-2H3,(H,62,65)/b26-23-. The highest BCUT2D eigenvalue weighted by molar-refractivity contribution is 5.76. The highest BCUT2D eigenvalue weighted by atomic mass is 16.5. The van der Waals surface area contributed by atoms with Crippen LogP contribution in [0, 0.1) is 0 Å². The number of esters is 1. The van der Waals surface area contributed by atoms with Crippen LogP contribution < -0.4 is 5.32 Å². The fourth-order valence-electron chi connectivity index (χ4n) is 9.64. The van der Waals surface area contributed by atoms with Crippen molar-refractivity contribution in [3.05, 3.63) is 12.2 Å². The normalized spacial score (nSPS) is 12.6. The predicted octanol–water partition coefficient (Wildman–Crippen LogP) is 18.9. The van der Waals surface area contributed by atoms with Gasteiger partial charge in [0.15, 0.2) is 0 Å². The summed E-state index contributed by atoms with van der Waals surface area (Å²) >= 11 is 0. The molecule has 0 saturated carbocycles. The molecular formula is C61H119NO5. The monoisotopic (exact) mass is 946 g/mol. The lowest BCUT2D eigenvalue weighted by molar-refractivity contribution is -0.143. The average molecular weight is 947 g/mol. The first-order chi connectivity index (χ1) is 33.0. The molecule has 0 aliphatic heterocycles. The third kappa shape index (κ3) is 53.8. The number of hydrogen-bond acceptors (Lipinski definition) is 5. The van der Waals surface area contributed by atoms with Gasteiger partial charge in [0.05, 0.1) is 25.4 Å². The second-order valence-corrected chi connectivity index (χ2v) is 21.0. The smallest absolute Gasteiger partial charge is 0.305 e. The number of rotatable bonds is 57. The molecule has 0 aromatic carbocycles. The molecule has 0 aliphatic carbocycles. The second-order valence-electron chi connectivity index (χ2n) is 21.0. The van der Waals surface area contributed by atoms with Crippen molar-refractivity contribution in [2.75, 3.05) is 13.2 Å². The lowest BCUT2D eigenvalue weighted by atomic mass is 10.0. The molecule has 0 heterocycles. The van der Waals surface area contributed by atoms with Gasteiger partial charge in [0.2, 0.25) is 5.91 Å². The number of amides is 1. The van der Waals surface area contributed by atoms with Crippen LogP contribution in [0.25, 0.3) is 0 Å². The van der Waals surface area contributed by atoms with Crippen LogP contribution in [0.2, 0.25) is 0 Å². The predicted molar refractivity (Wildman–Crippen MR) is 292 cm³/mol. The number of carbonyl (C=O) groups is 2. The van der Waals surface area contributed by atoms with Gasteiger partial charge in [0.25, 0.3) is 0 Å². The van der Waals surface area contributed by atoms with Crippen LogP contribution in [0.1, 0.15) is 341 Å². The number of carbonyl (C=O) groups excluding carboxylic acids is 2. The van der Waals surface area contributed by atoms with Gasteiger partial charge in [-0.1, -0.05) is 289 Å². The molecule has 2 atom stereocenters. The maximum absolute atomic E-state index is 12.5. The first kappa shape index (κ1) is 65.6. The van der Waals surface area contributed by atoms with Gasteiger partial charge in [-0.3, -0.25) is 9.59 Å². The molecule has 0 saturated heterocycles. The zero-order valence-electron chi connectivity index (χ0n) is 45.4. The fourth-order valence-corrected chi connectivity index (χ4v) is 9.64. The molecule has 0 fully saturated rings. The van der Waals surface area contributed by atoms with Gasteiger partial charge in [-0.15, -0.1) is 0 Å². The summed E-state index contributed by atoms with van der Waals surface area (Å²) in [6.07, 6.45) is 67.8. The Kier molecular flexibility index (Phi) is 56.0. The van der Waals surface area contributed by atoms with Crippen LogP contribution >= 0.6 is 0 Å². The molecule has 0 bridgehead atoms. The lowest BCUT2D eigenvalue weighted by Gasteiger charge is -2.22. The van der Waals surface area contributed by atoms with E-state index < -0.39 is 12.1 Å². The first-order valence-corrected chi connectivity index (χ1v) is 30.4. The molecule has 0 aromatic heterocycles. The van der Waals surface area contributed by atoms with Gasteiger partial charge < -0.3 is 20.3 Å². The van der Waals surface area contributed by atoms with Gasteiger partial charge in [-0.25, -0.2) is 0 Å². The van der Waals surface area contributed by atoms with E-state index >= 15 is 0 Å². The Bertz CT molecular complexity index is 1000. The molecule has 6 heteroatoms. The molecular weight excluding hydrogens is 827 g/mol. The van der Waals surface area contributed by atoms with E-state index in [4.69, 9.17) is 4.74 Å². The van der Waals surface area contributed by atoms with Crippen LogP contribution in [-0.4, -0.2) is 47.4 Å². The minimum Gasteiger partial charge on any atom is -0.466 e. The van der Waals surface area contributed by atoms with E-state index in [0.717, 1.165) is 51.4 Å². The van der Waals surface area contributed by atoms with Gasteiger partial charge in [-0.05, 0) is 51.4 Å². The summed E-state index contributed by atoms with van der Waals surface area (Å²) in [4.78, 5) is 24.6. The van der Waals surface area contributed by atoms with Crippen LogP contribution in [-0.2, 0) is 14.3 Å². The van der Waals surface area contributed by atoms with E-state index in [1.165, 1.54) is 257 Å². The SMILES string of the molecule is CCCCCCCCCCCCCCCCCCC(=O)OCCCCCCCCCCC/C=C\CCCCCCCC(=O)NC(CO)C(O)CCCCCCCCCCCCCCCCCC. The quantitative estimate of drug-likeness (QED) is 0.0321. The van der Waals surface area contributed by atoms with E-state index in [0.29, 0.717) is 25.9 Å². The molecule has 0 radical (unpaired) electrons. The van der Waals surface area contributed by atoms with Crippen molar-refractivity contribution in [3.8, 4) is 0 Å². The number of hydrogen-bond donors (Lipinski definition) is 3. The van der Waals surface area contributed by atoms with Crippen molar-refractivity contribution in [1.82, 2.24) is 5.32 Å².